The molecule has 1 fully saturated rings. The van der Waals surface area contributed by atoms with Gasteiger partial charge in [-0.15, -0.1) is 0 Å². The van der Waals surface area contributed by atoms with E-state index in [9.17, 15) is 9.59 Å². The van der Waals surface area contributed by atoms with Gasteiger partial charge in [0.05, 0.1) is 10.8 Å². The Hall–Kier alpha value is -1.69. The number of thioether (sulfide) groups is 1. The largest absolute Gasteiger partial charge is 0.465 e. The zero-order valence-electron chi connectivity index (χ0n) is 10.3. The van der Waals surface area contributed by atoms with Crippen molar-refractivity contribution in [2.45, 2.75) is 5.25 Å². The predicted molar refractivity (Wildman–Crippen MR) is 72.6 cm³/mol. The molecule has 0 aromatic heterocycles. The number of hydrogen-bond donors (Lipinski definition) is 1. The molecule has 6 heteroatoms. The smallest absolute Gasteiger partial charge is 0.407 e. The summed E-state index contributed by atoms with van der Waals surface area (Å²) in [6, 6.07) is 8.77. The van der Waals surface area contributed by atoms with Crippen molar-refractivity contribution >= 4 is 23.8 Å². The van der Waals surface area contributed by atoms with Crippen molar-refractivity contribution in [1.82, 2.24) is 4.90 Å². The fourth-order valence-electron chi connectivity index (χ4n) is 1.82. The molecular formula is C13H15NO4S. The molecule has 1 aromatic carbocycles. The molecule has 1 aliphatic rings. The Bertz CT molecular complexity index is 451. The van der Waals surface area contributed by atoms with Crippen molar-refractivity contribution in [3.63, 3.8) is 0 Å². The highest BCUT2D eigenvalue weighted by molar-refractivity contribution is 8.00. The number of hydrogen-bond acceptors (Lipinski definition) is 4. The minimum atomic E-state index is -0.917. The summed E-state index contributed by atoms with van der Waals surface area (Å²) < 4.78 is 5.22. The number of amides is 1. The Morgan fingerprint density at radius 3 is 2.79 bits per heavy atom. The number of nitrogens with zero attached hydrogens (tertiary/aromatic N) is 1. The van der Waals surface area contributed by atoms with Gasteiger partial charge in [0.25, 0.3) is 0 Å². The molecule has 1 amide bonds. The van der Waals surface area contributed by atoms with Crippen molar-refractivity contribution in [1.29, 1.82) is 0 Å². The van der Waals surface area contributed by atoms with Crippen molar-refractivity contribution in [2.24, 2.45) is 0 Å². The third-order valence-electron chi connectivity index (χ3n) is 2.82. The fourth-order valence-corrected chi connectivity index (χ4v) is 2.93. The van der Waals surface area contributed by atoms with Gasteiger partial charge in [-0.2, -0.15) is 11.8 Å². The molecule has 0 bridgehead atoms. The van der Waals surface area contributed by atoms with Crippen LogP contribution in [0, 0.1) is 0 Å². The first-order chi connectivity index (χ1) is 9.16. The van der Waals surface area contributed by atoms with Crippen LogP contribution >= 0.6 is 11.8 Å². The van der Waals surface area contributed by atoms with Gasteiger partial charge in [-0.25, -0.2) is 9.59 Å². The number of rotatable bonds is 3. The summed E-state index contributed by atoms with van der Waals surface area (Å²) >= 11 is 1.64. The number of carbonyl (C=O) groups excluding carboxylic acids is 1. The number of ether oxygens (including phenoxy) is 1. The first kappa shape index (κ1) is 13.7. The molecule has 1 heterocycles. The van der Waals surface area contributed by atoms with Gasteiger partial charge < -0.3 is 14.7 Å². The van der Waals surface area contributed by atoms with Gasteiger partial charge in [-0.1, -0.05) is 18.2 Å². The third-order valence-corrected chi connectivity index (χ3v) is 3.99. The van der Waals surface area contributed by atoms with Crippen molar-refractivity contribution in [3.05, 3.63) is 35.9 Å². The molecule has 19 heavy (non-hydrogen) atoms. The minimum absolute atomic E-state index is 0.0116. The van der Waals surface area contributed by atoms with Crippen LogP contribution in [0.1, 0.15) is 10.4 Å². The summed E-state index contributed by atoms with van der Waals surface area (Å²) in [5, 5.41) is 8.93. The Balaban J connectivity index is 1.82. The monoisotopic (exact) mass is 281 g/mol. The van der Waals surface area contributed by atoms with Crippen LogP contribution in [0.4, 0.5) is 4.79 Å². The molecule has 1 unspecified atom stereocenters. The van der Waals surface area contributed by atoms with E-state index in [1.807, 2.05) is 6.07 Å². The molecule has 1 aliphatic heterocycles. The molecule has 1 aromatic rings. The highest BCUT2D eigenvalue weighted by Crippen LogP contribution is 2.19. The molecule has 1 saturated heterocycles. The van der Waals surface area contributed by atoms with Crippen LogP contribution in [0.5, 0.6) is 0 Å². The predicted octanol–water partition coefficient (Wildman–Crippen LogP) is 1.94. The number of carboxylic acid groups (broad SMARTS) is 1. The number of benzene rings is 1. The number of carbonyl (C=O) groups is 2. The van der Waals surface area contributed by atoms with Crippen LogP contribution in [0.25, 0.3) is 0 Å². The molecule has 102 valence electrons. The van der Waals surface area contributed by atoms with E-state index in [-0.39, 0.29) is 17.8 Å². The van der Waals surface area contributed by atoms with E-state index in [0.717, 1.165) is 5.75 Å². The summed E-state index contributed by atoms with van der Waals surface area (Å²) in [7, 11) is 0. The summed E-state index contributed by atoms with van der Waals surface area (Å²) in [5.74, 6) is 0.369. The molecule has 0 aliphatic carbocycles. The normalized spacial score (nSPS) is 18.9. The van der Waals surface area contributed by atoms with E-state index < -0.39 is 6.09 Å². The summed E-state index contributed by atoms with van der Waals surface area (Å²) in [6.45, 7) is 1.17. The zero-order valence-corrected chi connectivity index (χ0v) is 11.1. The van der Waals surface area contributed by atoms with E-state index in [4.69, 9.17) is 9.84 Å². The lowest BCUT2D eigenvalue weighted by Gasteiger charge is -2.29. The lowest BCUT2D eigenvalue weighted by molar-refractivity contribution is 0.0495. The van der Waals surface area contributed by atoms with Gasteiger partial charge in [-0.3, -0.25) is 0 Å². The first-order valence-corrected chi connectivity index (χ1v) is 7.03. The number of esters is 1. The SMILES string of the molecule is O=C(OCC1CN(C(=O)O)CCS1)c1ccccc1. The topological polar surface area (TPSA) is 66.8 Å². The Morgan fingerprint density at radius 1 is 1.37 bits per heavy atom. The van der Waals surface area contributed by atoms with Gasteiger partial charge in [0.1, 0.15) is 6.61 Å². The maximum absolute atomic E-state index is 11.7. The quantitative estimate of drug-likeness (QED) is 0.858. The lowest BCUT2D eigenvalue weighted by Crippen LogP contribution is -2.42. The van der Waals surface area contributed by atoms with Gasteiger partial charge in [0.2, 0.25) is 0 Å². The van der Waals surface area contributed by atoms with Crippen LogP contribution in [0.3, 0.4) is 0 Å². The molecule has 0 saturated carbocycles. The van der Waals surface area contributed by atoms with Crippen molar-refractivity contribution < 1.29 is 19.4 Å². The summed E-state index contributed by atoms with van der Waals surface area (Å²) in [4.78, 5) is 24.0. The average Bonchev–Trinajstić information content (AvgIpc) is 2.46. The van der Waals surface area contributed by atoms with E-state index in [1.54, 1.807) is 36.0 Å². The molecule has 1 N–H and O–H groups in total. The Labute approximate surface area is 115 Å². The van der Waals surface area contributed by atoms with E-state index >= 15 is 0 Å². The van der Waals surface area contributed by atoms with Crippen LogP contribution < -0.4 is 0 Å². The van der Waals surface area contributed by atoms with E-state index in [0.29, 0.717) is 18.7 Å². The van der Waals surface area contributed by atoms with Gasteiger partial charge in [-0.05, 0) is 12.1 Å². The molecule has 1 atom stereocenters. The average molecular weight is 281 g/mol. The molecular weight excluding hydrogens is 266 g/mol. The second-order valence-corrected chi connectivity index (χ2v) is 5.59. The maximum atomic E-state index is 11.7. The van der Waals surface area contributed by atoms with E-state index in [1.165, 1.54) is 4.90 Å². The van der Waals surface area contributed by atoms with Crippen molar-refractivity contribution in [3.8, 4) is 0 Å². The fraction of sp³-hybridized carbons (Fsp3) is 0.385. The van der Waals surface area contributed by atoms with Gasteiger partial charge >= 0.3 is 12.1 Å². The first-order valence-electron chi connectivity index (χ1n) is 5.98. The van der Waals surface area contributed by atoms with Gasteiger partial charge in [0.15, 0.2) is 0 Å². The van der Waals surface area contributed by atoms with Crippen LogP contribution in [0.15, 0.2) is 30.3 Å². The highest BCUT2D eigenvalue weighted by Gasteiger charge is 2.24. The van der Waals surface area contributed by atoms with Crippen molar-refractivity contribution in [2.75, 3.05) is 25.4 Å². The van der Waals surface area contributed by atoms with Crippen LogP contribution in [0.2, 0.25) is 0 Å². The van der Waals surface area contributed by atoms with E-state index in [2.05, 4.69) is 0 Å². The minimum Gasteiger partial charge on any atom is -0.465 e. The highest BCUT2D eigenvalue weighted by atomic mass is 32.2. The molecule has 5 nitrogen and oxygen atoms in total. The second-order valence-electron chi connectivity index (χ2n) is 4.19. The Kier molecular flexibility index (Phi) is 4.68. The molecule has 2 rings (SSSR count). The molecule has 0 radical (unpaired) electrons. The molecule has 0 spiro atoms. The van der Waals surface area contributed by atoms with Crippen LogP contribution in [-0.4, -0.2) is 52.8 Å². The van der Waals surface area contributed by atoms with Crippen LogP contribution in [-0.2, 0) is 4.74 Å². The summed E-state index contributed by atoms with van der Waals surface area (Å²) in [5.41, 5.74) is 0.512. The Morgan fingerprint density at radius 2 is 2.11 bits per heavy atom. The standard InChI is InChI=1S/C13H15NO4S/c15-12(10-4-2-1-3-5-10)18-9-11-8-14(13(16)17)6-7-19-11/h1-5,11H,6-9H2,(H,16,17). The second kappa shape index (κ2) is 6.47. The van der Waals surface area contributed by atoms with Gasteiger partial charge in [0, 0.05) is 18.8 Å². The zero-order chi connectivity index (χ0) is 13.7. The maximum Gasteiger partial charge on any atom is 0.407 e. The third kappa shape index (κ3) is 3.89. The lowest BCUT2D eigenvalue weighted by atomic mass is 10.2. The summed E-state index contributed by atoms with van der Waals surface area (Å²) in [6.07, 6.45) is -0.917.